The molecule has 19 heavy (non-hydrogen) atoms. The third-order valence-corrected chi connectivity index (χ3v) is 3.25. The second-order valence-electron chi connectivity index (χ2n) is 4.95. The molecule has 0 fully saturated rings. The molecule has 0 saturated carbocycles. The number of nitrogens with zero attached hydrogens (tertiary/aromatic N) is 1. The maximum Gasteiger partial charge on any atom is 0.229 e. The number of halogens is 3. The van der Waals surface area contributed by atoms with Crippen LogP contribution < -0.4 is 5.73 Å². The van der Waals surface area contributed by atoms with Gasteiger partial charge < -0.3 is 10.6 Å². The number of benzene rings is 1. The Morgan fingerprint density at radius 3 is 2.53 bits per heavy atom. The zero-order chi connectivity index (χ0) is 13.9. The quantitative estimate of drug-likeness (QED) is 0.929. The number of hydrogen-bond donors (Lipinski definition) is 1. The summed E-state index contributed by atoms with van der Waals surface area (Å²) in [5, 5.41) is 0.320. The van der Waals surface area contributed by atoms with Crippen LogP contribution >= 0.6 is 24.0 Å². The minimum absolute atomic E-state index is 0. The van der Waals surface area contributed by atoms with E-state index in [0.717, 1.165) is 0 Å². The highest BCUT2D eigenvalue weighted by molar-refractivity contribution is 6.31. The molecule has 0 spiro atoms. The van der Waals surface area contributed by atoms with Crippen molar-refractivity contribution in [3.05, 3.63) is 34.6 Å². The van der Waals surface area contributed by atoms with Crippen molar-refractivity contribution in [1.29, 1.82) is 0 Å². The smallest absolute Gasteiger partial charge is 0.229 e. The Morgan fingerprint density at radius 1 is 1.47 bits per heavy atom. The first-order valence-electron chi connectivity index (χ1n) is 5.68. The van der Waals surface area contributed by atoms with Crippen molar-refractivity contribution in [1.82, 2.24) is 4.90 Å². The Kier molecular flexibility index (Phi) is 6.77. The van der Waals surface area contributed by atoms with Gasteiger partial charge in [-0.3, -0.25) is 4.79 Å². The van der Waals surface area contributed by atoms with Gasteiger partial charge in [0, 0.05) is 30.7 Å². The Bertz CT molecular complexity index is 432. The molecule has 2 N–H and O–H groups in total. The summed E-state index contributed by atoms with van der Waals surface area (Å²) in [5.41, 5.74) is 5.21. The number of rotatable bonds is 4. The molecular formula is C13H19Cl2FN2O. The van der Waals surface area contributed by atoms with E-state index in [-0.39, 0.29) is 31.4 Å². The molecule has 0 heterocycles. The fourth-order valence-electron chi connectivity index (χ4n) is 1.60. The van der Waals surface area contributed by atoms with Crippen LogP contribution in [-0.4, -0.2) is 24.4 Å². The van der Waals surface area contributed by atoms with Crippen molar-refractivity contribution in [2.24, 2.45) is 11.1 Å². The SMILES string of the molecule is CN(Cc1c(F)cccc1Cl)C(=O)C(C)(C)CN.Cl. The molecular weight excluding hydrogens is 290 g/mol. The van der Waals surface area contributed by atoms with E-state index in [1.165, 1.54) is 17.0 Å². The molecule has 1 amide bonds. The van der Waals surface area contributed by atoms with Gasteiger partial charge in [-0.25, -0.2) is 4.39 Å². The average Bonchev–Trinajstić information content (AvgIpc) is 2.32. The molecule has 108 valence electrons. The van der Waals surface area contributed by atoms with E-state index in [2.05, 4.69) is 0 Å². The van der Waals surface area contributed by atoms with E-state index >= 15 is 0 Å². The number of carbonyl (C=O) groups is 1. The predicted octanol–water partition coefficient (Wildman–Crippen LogP) is 2.84. The second-order valence-corrected chi connectivity index (χ2v) is 5.36. The lowest BCUT2D eigenvalue weighted by molar-refractivity contribution is -0.139. The largest absolute Gasteiger partial charge is 0.341 e. The van der Waals surface area contributed by atoms with E-state index < -0.39 is 11.2 Å². The summed E-state index contributed by atoms with van der Waals surface area (Å²) in [6.45, 7) is 3.89. The third kappa shape index (κ3) is 4.34. The van der Waals surface area contributed by atoms with Crippen LogP contribution in [0.15, 0.2) is 18.2 Å². The van der Waals surface area contributed by atoms with Crippen LogP contribution in [0.2, 0.25) is 5.02 Å². The maximum absolute atomic E-state index is 13.6. The minimum Gasteiger partial charge on any atom is -0.341 e. The molecule has 0 atom stereocenters. The summed E-state index contributed by atoms with van der Waals surface area (Å²) in [4.78, 5) is 13.5. The predicted molar refractivity (Wildman–Crippen MR) is 78.0 cm³/mol. The molecule has 0 radical (unpaired) electrons. The third-order valence-electron chi connectivity index (χ3n) is 2.89. The van der Waals surface area contributed by atoms with Crippen molar-refractivity contribution in [2.75, 3.05) is 13.6 Å². The Labute approximate surface area is 124 Å². The molecule has 0 aliphatic rings. The molecule has 1 aromatic rings. The number of carbonyl (C=O) groups excluding carboxylic acids is 1. The van der Waals surface area contributed by atoms with Gasteiger partial charge in [-0.15, -0.1) is 12.4 Å². The molecule has 0 unspecified atom stereocenters. The lowest BCUT2D eigenvalue weighted by Crippen LogP contribution is -2.42. The Hall–Kier alpha value is -0.840. The zero-order valence-corrected chi connectivity index (χ0v) is 12.8. The topological polar surface area (TPSA) is 46.3 Å². The zero-order valence-electron chi connectivity index (χ0n) is 11.2. The molecule has 0 bridgehead atoms. The van der Waals surface area contributed by atoms with Crippen molar-refractivity contribution in [3.63, 3.8) is 0 Å². The molecule has 0 aromatic heterocycles. The van der Waals surface area contributed by atoms with Gasteiger partial charge in [-0.2, -0.15) is 0 Å². The van der Waals surface area contributed by atoms with E-state index in [4.69, 9.17) is 17.3 Å². The van der Waals surface area contributed by atoms with Crippen molar-refractivity contribution >= 4 is 29.9 Å². The average molecular weight is 309 g/mol. The van der Waals surface area contributed by atoms with Gasteiger partial charge in [0.1, 0.15) is 5.82 Å². The molecule has 0 aliphatic carbocycles. The molecule has 1 aromatic carbocycles. The second kappa shape index (κ2) is 7.08. The maximum atomic E-state index is 13.6. The monoisotopic (exact) mass is 308 g/mol. The molecule has 3 nitrogen and oxygen atoms in total. The summed E-state index contributed by atoms with van der Waals surface area (Å²) in [6.07, 6.45) is 0. The van der Waals surface area contributed by atoms with Crippen LogP contribution in [0.1, 0.15) is 19.4 Å². The first kappa shape index (κ1) is 18.2. The van der Waals surface area contributed by atoms with Gasteiger partial charge in [-0.1, -0.05) is 17.7 Å². The standard InChI is InChI=1S/C13H18ClFN2O.ClH/c1-13(2,8-16)12(18)17(3)7-9-10(14)5-4-6-11(9)15;/h4-6H,7-8,16H2,1-3H3;1H. The number of nitrogens with two attached hydrogens (primary N) is 1. The summed E-state index contributed by atoms with van der Waals surface area (Å²) >= 11 is 5.92. The van der Waals surface area contributed by atoms with Crippen molar-refractivity contribution < 1.29 is 9.18 Å². The van der Waals surface area contributed by atoms with Crippen LogP contribution in [0.4, 0.5) is 4.39 Å². The summed E-state index contributed by atoms with van der Waals surface area (Å²) in [5.74, 6) is -0.544. The van der Waals surface area contributed by atoms with Crippen LogP contribution in [-0.2, 0) is 11.3 Å². The number of amides is 1. The van der Waals surface area contributed by atoms with Crippen molar-refractivity contribution in [2.45, 2.75) is 20.4 Å². The molecule has 1 rings (SSSR count). The lowest BCUT2D eigenvalue weighted by atomic mass is 9.92. The normalized spacial score (nSPS) is 10.8. The molecule has 0 saturated heterocycles. The van der Waals surface area contributed by atoms with E-state index in [1.54, 1.807) is 27.0 Å². The first-order chi connectivity index (χ1) is 8.29. The molecule has 0 aliphatic heterocycles. The summed E-state index contributed by atoms with van der Waals surface area (Å²) in [6, 6.07) is 4.47. The van der Waals surface area contributed by atoms with Gasteiger partial charge in [0.25, 0.3) is 0 Å². The lowest BCUT2D eigenvalue weighted by Gasteiger charge is -2.28. The first-order valence-corrected chi connectivity index (χ1v) is 6.06. The van der Waals surface area contributed by atoms with Gasteiger partial charge in [-0.05, 0) is 26.0 Å². The number of hydrogen-bond acceptors (Lipinski definition) is 2. The summed E-state index contributed by atoms with van der Waals surface area (Å²) in [7, 11) is 1.61. The van der Waals surface area contributed by atoms with E-state index in [1.807, 2.05) is 0 Å². The highest BCUT2D eigenvalue weighted by atomic mass is 35.5. The van der Waals surface area contributed by atoms with Crippen LogP contribution in [0.3, 0.4) is 0 Å². The van der Waals surface area contributed by atoms with E-state index in [0.29, 0.717) is 10.6 Å². The van der Waals surface area contributed by atoms with Gasteiger partial charge >= 0.3 is 0 Å². The highest BCUT2D eigenvalue weighted by Gasteiger charge is 2.29. The van der Waals surface area contributed by atoms with Crippen LogP contribution in [0.25, 0.3) is 0 Å². The Balaban J connectivity index is 0.00000324. The van der Waals surface area contributed by atoms with Crippen LogP contribution in [0, 0.1) is 11.2 Å². The van der Waals surface area contributed by atoms with Crippen molar-refractivity contribution in [3.8, 4) is 0 Å². The summed E-state index contributed by atoms with van der Waals surface area (Å²) < 4.78 is 13.6. The van der Waals surface area contributed by atoms with Gasteiger partial charge in [0.05, 0.1) is 5.41 Å². The van der Waals surface area contributed by atoms with Gasteiger partial charge in [0.15, 0.2) is 0 Å². The molecule has 6 heteroatoms. The highest BCUT2D eigenvalue weighted by Crippen LogP contribution is 2.23. The Morgan fingerprint density at radius 2 is 2.05 bits per heavy atom. The van der Waals surface area contributed by atoms with Crippen LogP contribution in [0.5, 0.6) is 0 Å². The van der Waals surface area contributed by atoms with E-state index in [9.17, 15) is 9.18 Å². The minimum atomic E-state index is -0.660. The van der Waals surface area contributed by atoms with Gasteiger partial charge in [0.2, 0.25) is 5.91 Å². The fraction of sp³-hybridized carbons (Fsp3) is 0.462. The fourth-order valence-corrected chi connectivity index (χ4v) is 1.82.